The zero-order valence-corrected chi connectivity index (χ0v) is 13.6. The van der Waals surface area contributed by atoms with E-state index in [0.29, 0.717) is 0 Å². The zero-order chi connectivity index (χ0) is 17.6. The molecule has 0 radical (unpaired) electrons. The van der Waals surface area contributed by atoms with Crippen LogP contribution in [0.5, 0.6) is 0 Å². The van der Waals surface area contributed by atoms with Crippen LogP contribution in [0, 0.1) is 0 Å². The van der Waals surface area contributed by atoms with Crippen LogP contribution in [0.15, 0.2) is 0 Å². The number of nitrogens with one attached hydrogen (secondary N) is 1. The lowest BCUT2D eigenvalue weighted by atomic mass is 10.0. The first-order valence-corrected chi connectivity index (χ1v) is 7.26. The average molecular weight is 352 g/mol. The van der Waals surface area contributed by atoms with E-state index in [1.807, 2.05) is 0 Å². The lowest BCUT2D eigenvalue weighted by Crippen LogP contribution is -2.62. The molecule has 0 aliphatic carbocycles. The molecule has 1 aliphatic heterocycles. The second kappa shape index (κ2) is 8.68. The maximum absolute atomic E-state index is 11.4. The van der Waals surface area contributed by atoms with E-state index in [4.69, 9.17) is 30.5 Å². The van der Waals surface area contributed by atoms with Gasteiger partial charge in [0.15, 0.2) is 24.5 Å². The topological polar surface area (TPSA) is 117 Å². The molecule has 1 N–H and O–H groups in total. The largest absolute Gasteiger partial charge is 0.456 e. The number of ether oxygens (including phenoxy) is 4. The van der Waals surface area contributed by atoms with Gasteiger partial charge in [0.05, 0.1) is 6.61 Å². The molecular formula is C13H18ClNO8. The Balaban J connectivity index is 3.03. The van der Waals surface area contributed by atoms with Crippen LogP contribution in [0.25, 0.3) is 0 Å². The molecule has 0 bridgehead atoms. The smallest absolute Gasteiger partial charge is 0.303 e. The molecule has 1 heterocycles. The van der Waals surface area contributed by atoms with E-state index < -0.39 is 48.4 Å². The van der Waals surface area contributed by atoms with Gasteiger partial charge < -0.3 is 24.3 Å². The molecule has 0 aromatic rings. The van der Waals surface area contributed by atoms with E-state index in [2.05, 4.69) is 5.32 Å². The second-order valence-corrected chi connectivity index (χ2v) is 5.02. The monoisotopic (exact) mass is 351 g/mol. The molecule has 0 aromatic carbocycles. The zero-order valence-electron chi connectivity index (χ0n) is 12.9. The average Bonchev–Trinajstić information content (AvgIpc) is 2.43. The van der Waals surface area contributed by atoms with Crippen LogP contribution in [-0.2, 0) is 38.1 Å². The van der Waals surface area contributed by atoms with Gasteiger partial charge in [-0.3, -0.25) is 19.2 Å². The number of alkyl halides is 1. The first kappa shape index (κ1) is 19.2. The van der Waals surface area contributed by atoms with Crippen molar-refractivity contribution in [3.05, 3.63) is 0 Å². The van der Waals surface area contributed by atoms with Crippen molar-refractivity contribution < 1.29 is 38.1 Å². The fraction of sp³-hybridized carbons (Fsp3) is 0.692. The van der Waals surface area contributed by atoms with Crippen LogP contribution in [0.2, 0.25) is 0 Å². The van der Waals surface area contributed by atoms with Crippen LogP contribution < -0.4 is 5.32 Å². The van der Waals surface area contributed by atoms with Crippen LogP contribution in [0.3, 0.4) is 0 Å². The normalized spacial score (nSPS) is 26.8. The molecule has 1 saturated heterocycles. The highest BCUT2D eigenvalue weighted by atomic mass is 35.5. The van der Waals surface area contributed by atoms with Crippen molar-refractivity contribution in [1.82, 2.24) is 5.32 Å². The standard InChI is InChI=1S/C13H18ClNO8/c1-6(16)21-9-5-20-13(15-10(19)4-14)12(23-8(3)18)11(9)22-7(2)17/h9,11-13H,4-5H2,1-3H3,(H,15,19)/t9-,11-,12-,13-/m1/s1. The van der Waals surface area contributed by atoms with Gasteiger partial charge in [0.25, 0.3) is 0 Å². The van der Waals surface area contributed by atoms with Crippen LogP contribution in [0.4, 0.5) is 0 Å². The number of hydrogen-bond acceptors (Lipinski definition) is 8. The lowest BCUT2D eigenvalue weighted by molar-refractivity contribution is -0.229. The van der Waals surface area contributed by atoms with Crippen molar-refractivity contribution >= 4 is 35.4 Å². The third-order valence-electron chi connectivity index (χ3n) is 2.77. The number of hydrogen-bond donors (Lipinski definition) is 1. The first-order chi connectivity index (χ1) is 10.7. The Bertz CT molecular complexity index is 483. The summed E-state index contributed by atoms with van der Waals surface area (Å²) in [7, 11) is 0. The summed E-state index contributed by atoms with van der Waals surface area (Å²) >= 11 is 5.41. The summed E-state index contributed by atoms with van der Waals surface area (Å²) in [5, 5.41) is 2.40. The molecule has 0 unspecified atom stereocenters. The van der Waals surface area contributed by atoms with Gasteiger partial charge in [-0.25, -0.2) is 0 Å². The van der Waals surface area contributed by atoms with Crippen molar-refractivity contribution in [3.63, 3.8) is 0 Å². The lowest BCUT2D eigenvalue weighted by Gasteiger charge is -2.40. The fourth-order valence-electron chi connectivity index (χ4n) is 2.06. The first-order valence-electron chi connectivity index (χ1n) is 6.73. The van der Waals surface area contributed by atoms with Crippen LogP contribution in [0.1, 0.15) is 20.8 Å². The number of amides is 1. The van der Waals surface area contributed by atoms with E-state index in [0.717, 1.165) is 13.8 Å². The molecule has 1 amide bonds. The maximum atomic E-state index is 11.4. The second-order valence-electron chi connectivity index (χ2n) is 4.75. The molecule has 0 saturated carbocycles. The Morgan fingerprint density at radius 3 is 2.00 bits per heavy atom. The molecule has 9 nitrogen and oxygen atoms in total. The number of carbonyl (C=O) groups excluding carboxylic acids is 4. The van der Waals surface area contributed by atoms with Gasteiger partial charge in [-0.05, 0) is 0 Å². The summed E-state index contributed by atoms with van der Waals surface area (Å²) in [4.78, 5) is 45.2. The molecular weight excluding hydrogens is 334 g/mol. The highest BCUT2D eigenvalue weighted by Gasteiger charge is 2.47. The molecule has 4 atom stereocenters. The summed E-state index contributed by atoms with van der Waals surface area (Å²) in [6, 6.07) is 0. The van der Waals surface area contributed by atoms with Gasteiger partial charge in [-0.2, -0.15) is 0 Å². The van der Waals surface area contributed by atoms with E-state index in [1.54, 1.807) is 0 Å². The Morgan fingerprint density at radius 2 is 1.52 bits per heavy atom. The van der Waals surface area contributed by atoms with Crippen molar-refractivity contribution in [2.75, 3.05) is 12.5 Å². The van der Waals surface area contributed by atoms with Crippen molar-refractivity contribution in [1.29, 1.82) is 0 Å². The molecule has 23 heavy (non-hydrogen) atoms. The van der Waals surface area contributed by atoms with E-state index in [1.165, 1.54) is 6.92 Å². The predicted octanol–water partition coefficient (Wildman–Crippen LogP) is -0.507. The summed E-state index contributed by atoms with van der Waals surface area (Å²) < 4.78 is 20.6. The van der Waals surface area contributed by atoms with E-state index in [-0.39, 0.29) is 12.5 Å². The maximum Gasteiger partial charge on any atom is 0.303 e. The molecule has 1 rings (SSSR count). The van der Waals surface area contributed by atoms with Crippen LogP contribution >= 0.6 is 11.6 Å². The molecule has 1 aliphatic rings. The fourth-order valence-corrected chi connectivity index (χ4v) is 2.14. The van der Waals surface area contributed by atoms with Crippen LogP contribution in [-0.4, -0.2) is 60.8 Å². The summed E-state index contributed by atoms with van der Waals surface area (Å²) in [6.07, 6.45) is -4.40. The minimum atomic E-state index is -1.19. The van der Waals surface area contributed by atoms with Crippen molar-refractivity contribution in [3.8, 4) is 0 Å². The summed E-state index contributed by atoms with van der Waals surface area (Å²) in [5.41, 5.74) is 0. The van der Waals surface area contributed by atoms with Crippen molar-refractivity contribution in [2.45, 2.75) is 45.3 Å². The predicted molar refractivity (Wildman–Crippen MR) is 75.3 cm³/mol. The van der Waals surface area contributed by atoms with Gasteiger partial charge in [0, 0.05) is 20.8 Å². The van der Waals surface area contributed by atoms with E-state index in [9.17, 15) is 19.2 Å². The molecule has 10 heteroatoms. The number of rotatable bonds is 5. The third kappa shape index (κ3) is 6.03. The van der Waals surface area contributed by atoms with Gasteiger partial charge >= 0.3 is 17.9 Å². The molecule has 130 valence electrons. The van der Waals surface area contributed by atoms with Gasteiger partial charge in [-0.1, -0.05) is 0 Å². The third-order valence-corrected chi connectivity index (χ3v) is 3.02. The number of halogens is 1. The Labute approximate surface area is 137 Å². The highest BCUT2D eigenvalue weighted by Crippen LogP contribution is 2.23. The number of carbonyl (C=O) groups is 4. The number of esters is 3. The van der Waals surface area contributed by atoms with Crippen molar-refractivity contribution in [2.24, 2.45) is 0 Å². The summed E-state index contributed by atoms with van der Waals surface area (Å²) in [5.74, 6) is -2.89. The van der Waals surface area contributed by atoms with Gasteiger partial charge in [0.2, 0.25) is 5.91 Å². The minimum absolute atomic E-state index is 0.164. The Morgan fingerprint density at radius 1 is 1.00 bits per heavy atom. The van der Waals surface area contributed by atoms with Gasteiger partial charge in [-0.15, -0.1) is 11.6 Å². The minimum Gasteiger partial charge on any atom is -0.456 e. The van der Waals surface area contributed by atoms with E-state index >= 15 is 0 Å². The molecule has 0 spiro atoms. The molecule has 1 fully saturated rings. The SMILES string of the molecule is CC(=O)O[C@@H]1[C@H](OC(C)=O)[C@H](OC(C)=O)CO[C@H]1NC(=O)CCl. The quantitative estimate of drug-likeness (QED) is 0.400. The molecule has 0 aromatic heterocycles. The van der Waals surface area contributed by atoms with Gasteiger partial charge in [0.1, 0.15) is 5.88 Å². The Kier molecular flexibility index (Phi) is 7.24. The highest BCUT2D eigenvalue weighted by molar-refractivity contribution is 6.27. The summed E-state index contributed by atoms with van der Waals surface area (Å²) in [6.45, 7) is 3.30. The Hall–Kier alpha value is -1.87.